The van der Waals surface area contributed by atoms with Crippen molar-refractivity contribution < 1.29 is 0 Å². The monoisotopic (exact) mass is 476 g/mol. The highest BCUT2D eigenvalue weighted by Gasteiger charge is 2.26. The Morgan fingerprint density at radius 2 is 1.77 bits per heavy atom. The third-order valence-electron chi connectivity index (χ3n) is 5.57. The van der Waals surface area contributed by atoms with Gasteiger partial charge in [0.1, 0.15) is 5.82 Å². The van der Waals surface area contributed by atoms with Crippen LogP contribution in [0, 0.1) is 0 Å². The summed E-state index contributed by atoms with van der Waals surface area (Å²) in [6.07, 6.45) is 4.92. The van der Waals surface area contributed by atoms with Gasteiger partial charge in [0.15, 0.2) is 12.1 Å². The molecule has 4 N–H and O–H groups in total. The zero-order valence-corrected chi connectivity index (χ0v) is 18.6. The third kappa shape index (κ3) is 5.06. The van der Waals surface area contributed by atoms with Crippen molar-refractivity contribution in [3.05, 3.63) is 93.9 Å². The molecule has 1 aliphatic heterocycles. The van der Waals surface area contributed by atoms with E-state index in [9.17, 15) is 0 Å². The Bertz CT molecular complexity index is 1070. The van der Waals surface area contributed by atoms with Crippen molar-refractivity contribution in [1.82, 2.24) is 20.8 Å². The number of aliphatic imine (C=N–C) groups is 1. The minimum Gasteiger partial charge on any atom is -0.337 e. The molecule has 1 fully saturated rings. The number of hydrogen-bond donors (Lipinski definition) is 4. The second-order valence-corrected chi connectivity index (χ2v) is 8.83. The van der Waals surface area contributed by atoms with Crippen molar-refractivity contribution in [2.24, 2.45) is 4.99 Å². The molecule has 1 aliphatic carbocycles. The third-order valence-corrected chi connectivity index (χ3v) is 6.17. The number of hydrogen-bond acceptors (Lipinski definition) is 5. The second-order valence-electron chi connectivity index (χ2n) is 7.98. The smallest absolute Gasteiger partial charge is 0.175 e. The van der Waals surface area contributed by atoms with Crippen LogP contribution in [-0.2, 0) is 6.42 Å². The molecule has 1 aromatic heterocycles. The molecule has 0 radical (unpaired) electrons. The van der Waals surface area contributed by atoms with E-state index in [1.165, 1.54) is 29.7 Å². The van der Waals surface area contributed by atoms with E-state index >= 15 is 0 Å². The molecule has 7 heteroatoms. The molecule has 5 rings (SSSR count). The van der Waals surface area contributed by atoms with Gasteiger partial charge in [-0.25, -0.2) is 0 Å². The van der Waals surface area contributed by atoms with Crippen molar-refractivity contribution in [3.8, 4) is 0 Å². The van der Waals surface area contributed by atoms with Crippen molar-refractivity contribution in [2.75, 3.05) is 5.32 Å². The first-order chi connectivity index (χ1) is 15.2. The normalized spacial score (nSPS) is 19.2. The summed E-state index contributed by atoms with van der Waals surface area (Å²) < 4.78 is 0.862. The molecule has 6 nitrogen and oxygen atoms in total. The van der Waals surface area contributed by atoms with Crippen LogP contribution in [0.3, 0.4) is 0 Å². The molecule has 0 spiro atoms. The first-order valence-electron chi connectivity index (χ1n) is 10.6. The van der Waals surface area contributed by atoms with E-state index in [1.807, 2.05) is 18.3 Å². The lowest BCUT2D eigenvalue weighted by atomic mass is 9.99. The zero-order valence-electron chi connectivity index (χ0n) is 17.1. The number of nitrogens with zero attached hydrogens (tertiary/aromatic N) is 2. The predicted octanol–water partition coefficient (Wildman–Crippen LogP) is 4.79. The van der Waals surface area contributed by atoms with E-state index in [-0.39, 0.29) is 12.3 Å². The molecule has 0 saturated heterocycles. The zero-order chi connectivity index (χ0) is 21.0. The van der Waals surface area contributed by atoms with Gasteiger partial charge in [-0.3, -0.25) is 15.4 Å². The van der Waals surface area contributed by atoms with E-state index in [2.05, 4.69) is 102 Å². The minimum absolute atomic E-state index is 0.114. The summed E-state index contributed by atoms with van der Waals surface area (Å²) in [4.78, 5) is 4.63. The maximum Gasteiger partial charge on any atom is 0.175 e. The first-order valence-corrected chi connectivity index (χ1v) is 11.4. The Labute approximate surface area is 190 Å². The fourth-order valence-corrected chi connectivity index (χ4v) is 4.09. The number of allylic oxidation sites excluding steroid dienone is 1. The molecule has 158 valence electrons. The van der Waals surface area contributed by atoms with Crippen molar-refractivity contribution in [3.63, 3.8) is 0 Å². The summed E-state index contributed by atoms with van der Waals surface area (Å²) in [7, 11) is 0. The highest BCUT2D eigenvalue weighted by molar-refractivity contribution is 9.12. The lowest BCUT2D eigenvalue weighted by molar-refractivity contribution is 0.404. The van der Waals surface area contributed by atoms with E-state index in [0.717, 1.165) is 22.5 Å². The van der Waals surface area contributed by atoms with Gasteiger partial charge in [-0.15, -0.1) is 0 Å². The maximum atomic E-state index is 4.63. The summed E-state index contributed by atoms with van der Waals surface area (Å²) >= 11 is 3.59. The number of aromatic amines is 1. The van der Waals surface area contributed by atoms with Crippen LogP contribution in [0.4, 0.5) is 5.82 Å². The average molecular weight is 477 g/mol. The highest BCUT2D eigenvalue weighted by Crippen LogP contribution is 2.39. The Morgan fingerprint density at radius 1 is 1.03 bits per heavy atom. The Morgan fingerprint density at radius 3 is 2.52 bits per heavy atom. The van der Waals surface area contributed by atoms with Gasteiger partial charge in [0.05, 0.1) is 4.48 Å². The van der Waals surface area contributed by atoms with Crippen LogP contribution in [0.25, 0.3) is 0 Å². The largest absolute Gasteiger partial charge is 0.337 e. The molecule has 31 heavy (non-hydrogen) atoms. The van der Waals surface area contributed by atoms with Crippen LogP contribution in [0.5, 0.6) is 0 Å². The SMILES string of the molecule is BrC1=C(Nc2cc(C3CC3)[nH]n2)NC(NC(Cc2ccccc2)c2ccccc2)N=C1. The number of anilines is 1. The lowest BCUT2D eigenvalue weighted by Gasteiger charge is -2.28. The van der Waals surface area contributed by atoms with E-state index < -0.39 is 0 Å². The van der Waals surface area contributed by atoms with Crippen molar-refractivity contribution in [1.29, 1.82) is 0 Å². The fourth-order valence-electron chi connectivity index (χ4n) is 3.76. The summed E-state index contributed by atoms with van der Waals surface area (Å²) in [5.74, 6) is 2.28. The van der Waals surface area contributed by atoms with Gasteiger partial charge in [-0.1, -0.05) is 60.7 Å². The van der Waals surface area contributed by atoms with Crippen LogP contribution in [0.1, 0.15) is 41.6 Å². The highest BCUT2D eigenvalue weighted by atomic mass is 79.9. The summed E-state index contributed by atoms with van der Waals surface area (Å²) in [6, 6.07) is 23.2. The van der Waals surface area contributed by atoms with Crippen LogP contribution in [0.15, 0.2) is 82.0 Å². The van der Waals surface area contributed by atoms with Gasteiger partial charge in [0.2, 0.25) is 0 Å². The minimum atomic E-state index is -0.264. The van der Waals surface area contributed by atoms with Crippen LogP contribution >= 0.6 is 15.9 Å². The molecular weight excluding hydrogens is 452 g/mol. The van der Waals surface area contributed by atoms with Crippen LogP contribution < -0.4 is 16.0 Å². The predicted molar refractivity (Wildman–Crippen MR) is 128 cm³/mol. The summed E-state index contributed by atoms with van der Waals surface area (Å²) in [5.41, 5.74) is 3.71. The van der Waals surface area contributed by atoms with Gasteiger partial charge in [-0.2, -0.15) is 5.10 Å². The molecule has 2 aliphatic rings. The quantitative estimate of drug-likeness (QED) is 0.376. The number of halogens is 1. The van der Waals surface area contributed by atoms with Crippen molar-refractivity contribution >= 4 is 28.0 Å². The van der Waals surface area contributed by atoms with Crippen molar-refractivity contribution in [2.45, 2.75) is 37.5 Å². The topological polar surface area (TPSA) is 77.1 Å². The average Bonchev–Trinajstić information content (AvgIpc) is 3.56. The van der Waals surface area contributed by atoms with E-state index in [0.29, 0.717) is 5.92 Å². The number of nitrogens with one attached hydrogen (secondary N) is 4. The van der Waals surface area contributed by atoms with Gasteiger partial charge in [0.25, 0.3) is 0 Å². The van der Waals surface area contributed by atoms with E-state index in [4.69, 9.17) is 0 Å². The Hall–Kier alpha value is -2.90. The Balaban J connectivity index is 1.29. The van der Waals surface area contributed by atoms with Crippen LogP contribution in [0.2, 0.25) is 0 Å². The molecule has 2 heterocycles. The number of benzene rings is 2. The molecular formula is C24H25BrN6. The molecule has 2 atom stereocenters. The standard InChI is InChI=1S/C24H25BrN6/c25-19-15-26-24(29-23(19)28-22-14-21(30-31-22)18-11-12-18)27-20(17-9-5-2-6-10-17)13-16-7-3-1-4-8-16/h1-10,14-15,18,20,24,27,29H,11-13H2,(H2,28,30,31). The van der Waals surface area contributed by atoms with Gasteiger partial charge in [0, 0.05) is 29.9 Å². The lowest BCUT2D eigenvalue weighted by Crippen LogP contribution is -2.46. The molecule has 0 bridgehead atoms. The molecule has 2 aromatic carbocycles. The van der Waals surface area contributed by atoms with Gasteiger partial charge < -0.3 is 10.6 Å². The van der Waals surface area contributed by atoms with E-state index in [1.54, 1.807) is 0 Å². The number of aromatic nitrogens is 2. The summed E-state index contributed by atoms with van der Waals surface area (Å²) in [6.45, 7) is 0. The summed E-state index contributed by atoms with van der Waals surface area (Å²) in [5, 5.41) is 18.0. The Kier molecular flexibility index (Phi) is 5.86. The van der Waals surface area contributed by atoms with Gasteiger partial charge in [-0.05, 0) is 46.3 Å². The molecule has 0 amide bonds. The second kappa shape index (κ2) is 9.08. The first kappa shape index (κ1) is 20.0. The maximum absolute atomic E-state index is 4.63. The van der Waals surface area contributed by atoms with Gasteiger partial charge >= 0.3 is 0 Å². The molecule has 3 aromatic rings. The molecule has 1 saturated carbocycles. The molecule has 2 unspecified atom stereocenters. The fraction of sp³-hybridized carbons (Fsp3) is 0.250. The number of H-pyrrole nitrogens is 1. The number of rotatable bonds is 8. The van der Waals surface area contributed by atoms with Crippen LogP contribution in [-0.4, -0.2) is 22.7 Å².